The Bertz CT molecular complexity index is 979. The van der Waals surface area contributed by atoms with Crippen LogP contribution in [0.5, 0.6) is 0 Å². The number of Topliss-reactive ketones (excluding diaryl/α,β-unsaturated/α-hetero) is 1. The quantitative estimate of drug-likeness (QED) is 0.593. The van der Waals surface area contributed by atoms with Crippen LogP contribution in [0.4, 0.5) is 0 Å². The Kier molecular flexibility index (Phi) is 5.04. The number of carbonyl (C=O) groups excluding carboxylic acids is 1. The maximum Gasteiger partial charge on any atom is 0.159 e. The van der Waals surface area contributed by atoms with Crippen LogP contribution in [0.3, 0.4) is 0 Å². The van der Waals surface area contributed by atoms with E-state index < -0.39 is 0 Å². The van der Waals surface area contributed by atoms with E-state index in [2.05, 4.69) is 42.2 Å². The monoisotopic (exact) mass is 358 g/mol. The van der Waals surface area contributed by atoms with Crippen LogP contribution < -0.4 is 0 Å². The van der Waals surface area contributed by atoms with Gasteiger partial charge in [0.15, 0.2) is 5.78 Å². The minimum atomic E-state index is 0.0938. The highest BCUT2D eigenvalue weighted by Gasteiger charge is 2.19. The second kappa shape index (κ2) is 7.61. The van der Waals surface area contributed by atoms with Gasteiger partial charge in [-0.25, -0.2) is 0 Å². The molecule has 138 valence electrons. The summed E-state index contributed by atoms with van der Waals surface area (Å²) < 4.78 is 0. The van der Waals surface area contributed by atoms with Crippen molar-refractivity contribution in [3.63, 3.8) is 0 Å². The normalized spacial score (nSPS) is 17.5. The zero-order valence-corrected chi connectivity index (χ0v) is 16.1. The fraction of sp³-hybridized carbons (Fsp3) is 0.333. The smallest absolute Gasteiger partial charge is 0.159 e. The van der Waals surface area contributed by atoms with Gasteiger partial charge in [-0.3, -0.25) is 9.78 Å². The number of rotatable bonds is 5. The average molecular weight is 358 g/mol. The van der Waals surface area contributed by atoms with Gasteiger partial charge < -0.3 is 4.90 Å². The molecule has 3 nitrogen and oxygen atoms in total. The molecule has 0 saturated carbocycles. The summed E-state index contributed by atoms with van der Waals surface area (Å²) in [5, 5.41) is 1.14. The molecular formula is C24H26N2O. The van der Waals surface area contributed by atoms with Crippen molar-refractivity contribution >= 4 is 16.7 Å². The van der Waals surface area contributed by atoms with Crippen molar-refractivity contribution < 1.29 is 4.79 Å². The molecule has 1 aliphatic heterocycles. The standard InChI is InChI=1S/C24H26N2O/c1-17-5-4-13-26(17)14-12-23-10-8-22-16-21(9-11-24(22)25-23)20-7-3-6-19(15-20)18(2)27/h3,6-11,15-17H,4-5,12-14H2,1-2H3/t17-/m0/s1. The van der Waals surface area contributed by atoms with E-state index in [1.54, 1.807) is 6.92 Å². The Morgan fingerprint density at radius 3 is 2.74 bits per heavy atom. The molecule has 27 heavy (non-hydrogen) atoms. The molecule has 1 fully saturated rings. The van der Waals surface area contributed by atoms with Crippen molar-refractivity contribution in [3.8, 4) is 11.1 Å². The number of aromatic nitrogens is 1. The van der Waals surface area contributed by atoms with Crippen LogP contribution in [-0.2, 0) is 6.42 Å². The van der Waals surface area contributed by atoms with E-state index >= 15 is 0 Å². The number of pyridine rings is 1. The van der Waals surface area contributed by atoms with Crippen LogP contribution in [0.15, 0.2) is 54.6 Å². The lowest BCUT2D eigenvalue weighted by atomic mass is 10.00. The van der Waals surface area contributed by atoms with E-state index in [0.29, 0.717) is 6.04 Å². The van der Waals surface area contributed by atoms with Gasteiger partial charge in [0, 0.05) is 35.7 Å². The lowest BCUT2D eigenvalue weighted by molar-refractivity contribution is 0.101. The van der Waals surface area contributed by atoms with Crippen LogP contribution in [0.25, 0.3) is 22.0 Å². The summed E-state index contributed by atoms with van der Waals surface area (Å²) in [6.07, 6.45) is 3.64. The van der Waals surface area contributed by atoms with E-state index in [1.165, 1.54) is 19.4 Å². The molecule has 0 amide bonds. The van der Waals surface area contributed by atoms with E-state index in [4.69, 9.17) is 4.98 Å². The molecule has 1 aliphatic rings. The SMILES string of the molecule is CC(=O)c1cccc(-c2ccc3nc(CCN4CCC[C@@H]4C)ccc3c2)c1. The lowest BCUT2D eigenvalue weighted by Crippen LogP contribution is -2.29. The van der Waals surface area contributed by atoms with Crippen LogP contribution in [-0.4, -0.2) is 34.8 Å². The van der Waals surface area contributed by atoms with Crippen LogP contribution >= 0.6 is 0 Å². The second-order valence-corrected chi connectivity index (χ2v) is 7.62. The van der Waals surface area contributed by atoms with Gasteiger partial charge in [0.2, 0.25) is 0 Å². The molecular weight excluding hydrogens is 332 g/mol. The third kappa shape index (κ3) is 3.93. The second-order valence-electron chi connectivity index (χ2n) is 7.62. The van der Waals surface area contributed by atoms with Gasteiger partial charge in [0.25, 0.3) is 0 Å². The lowest BCUT2D eigenvalue weighted by Gasteiger charge is -2.20. The Morgan fingerprint density at radius 1 is 1.11 bits per heavy atom. The predicted octanol–water partition coefficient (Wildman–Crippen LogP) is 5.13. The Hall–Kier alpha value is -2.52. The first-order valence-corrected chi connectivity index (χ1v) is 9.85. The highest BCUT2D eigenvalue weighted by atomic mass is 16.1. The highest BCUT2D eigenvalue weighted by Crippen LogP contribution is 2.25. The molecule has 1 atom stereocenters. The number of benzene rings is 2. The zero-order chi connectivity index (χ0) is 18.8. The number of carbonyl (C=O) groups is 1. The molecule has 0 unspecified atom stereocenters. The minimum absolute atomic E-state index is 0.0938. The van der Waals surface area contributed by atoms with E-state index in [9.17, 15) is 4.79 Å². The summed E-state index contributed by atoms with van der Waals surface area (Å²) in [6, 6.07) is 19.2. The predicted molar refractivity (Wildman–Crippen MR) is 111 cm³/mol. The maximum absolute atomic E-state index is 11.6. The molecule has 2 heterocycles. The third-order valence-electron chi connectivity index (χ3n) is 5.70. The number of hydrogen-bond acceptors (Lipinski definition) is 3. The molecule has 0 aliphatic carbocycles. The van der Waals surface area contributed by atoms with Crippen molar-refractivity contribution in [2.24, 2.45) is 0 Å². The van der Waals surface area contributed by atoms with Gasteiger partial charge >= 0.3 is 0 Å². The van der Waals surface area contributed by atoms with Gasteiger partial charge in [-0.15, -0.1) is 0 Å². The maximum atomic E-state index is 11.6. The van der Waals surface area contributed by atoms with Gasteiger partial charge in [0.05, 0.1) is 5.52 Å². The molecule has 0 spiro atoms. The number of hydrogen-bond donors (Lipinski definition) is 0. The van der Waals surface area contributed by atoms with E-state index in [1.807, 2.05) is 24.3 Å². The van der Waals surface area contributed by atoms with Gasteiger partial charge in [-0.1, -0.05) is 30.3 Å². The number of ketones is 1. The highest BCUT2D eigenvalue weighted by molar-refractivity contribution is 5.95. The Labute approximate surface area is 161 Å². The molecule has 3 heteroatoms. The fourth-order valence-electron chi connectivity index (χ4n) is 3.99. The molecule has 2 aromatic carbocycles. The summed E-state index contributed by atoms with van der Waals surface area (Å²) in [5.41, 5.74) is 5.13. The number of nitrogens with zero attached hydrogens (tertiary/aromatic N) is 2. The summed E-state index contributed by atoms with van der Waals surface area (Å²) in [7, 11) is 0. The van der Waals surface area contributed by atoms with Gasteiger partial charge in [0.1, 0.15) is 0 Å². The van der Waals surface area contributed by atoms with Crippen LogP contribution in [0.2, 0.25) is 0 Å². The summed E-state index contributed by atoms with van der Waals surface area (Å²) in [4.78, 5) is 19.1. The average Bonchev–Trinajstić information content (AvgIpc) is 3.10. The van der Waals surface area contributed by atoms with Crippen molar-refractivity contribution in [2.45, 2.75) is 39.2 Å². The molecule has 4 rings (SSSR count). The summed E-state index contributed by atoms with van der Waals surface area (Å²) in [6.45, 7) is 6.24. The van der Waals surface area contributed by atoms with Gasteiger partial charge in [-0.2, -0.15) is 0 Å². The van der Waals surface area contributed by atoms with Crippen molar-refractivity contribution in [2.75, 3.05) is 13.1 Å². The number of likely N-dealkylation sites (tertiary alicyclic amines) is 1. The molecule has 1 saturated heterocycles. The summed E-state index contributed by atoms with van der Waals surface area (Å²) in [5.74, 6) is 0.0938. The molecule has 0 N–H and O–H groups in total. The van der Waals surface area contributed by atoms with E-state index in [-0.39, 0.29) is 5.78 Å². The number of fused-ring (bicyclic) bond motifs is 1. The molecule has 1 aromatic heterocycles. The van der Waals surface area contributed by atoms with Gasteiger partial charge in [-0.05, 0) is 68.6 Å². The first-order valence-electron chi connectivity index (χ1n) is 9.85. The van der Waals surface area contributed by atoms with Crippen molar-refractivity contribution in [3.05, 3.63) is 65.9 Å². The van der Waals surface area contributed by atoms with Crippen molar-refractivity contribution in [1.29, 1.82) is 0 Å². The Balaban J connectivity index is 1.55. The van der Waals surface area contributed by atoms with E-state index in [0.717, 1.165) is 46.3 Å². The zero-order valence-electron chi connectivity index (χ0n) is 16.1. The third-order valence-corrected chi connectivity index (χ3v) is 5.70. The molecule has 0 radical (unpaired) electrons. The Morgan fingerprint density at radius 2 is 1.96 bits per heavy atom. The van der Waals surface area contributed by atoms with Crippen LogP contribution in [0, 0.1) is 0 Å². The fourth-order valence-corrected chi connectivity index (χ4v) is 3.99. The topological polar surface area (TPSA) is 33.2 Å². The minimum Gasteiger partial charge on any atom is -0.300 e. The van der Waals surface area contributed by atoms with Crippen molar-refractivity contribution in [1.82, 2.24) is 9.88 Å². The summed E-state index contributed by atoms with van der Waals surface area (Å²) >= 11 is 0. The molecule has 0 bridgehead atoms. The largest absolute Gasteiger partial charge is 0.300 e. The molecule has 3 aromatic rings. The first kappa shape index (κ1) is 17.9. The van der Waals surface area contributed by atoms with Crippen LogP contribution in [0.1, 0.15) is 42.7 Å². The first-order chi connectivity index (χ1) is 13.1.